The molecule has 1 saturated carbocycles. The fourth-order valence-corrected chi connectivity index (χ4v) is 4.18. The van der Waals surface area contributed by atoms with Crippen LogP contribution < -0.4 is 5.32 Å². The third kappa shape index (κ3) is 2.58. The van der Waals surface area contributed by atoms with Gasteiger partial charge in [-0.2, -0.15) is 0 Å². The van der Waals surface area contributed by atoms with E-state index in [9.17, 15) is 14.4 Å². The second-order valence-corrected chi connectivity index (χ2v) is 6.97. The van der Waals surface area contributed by atoms with Crippen LogP contribution >= 0.6 is 0 Å². The number of hydrogen-bond acceptors (Lipinski definition) is 3. The molecule has 0 aliphatic heterocycles. The lowest BCUT2D eigenvalue weighted by molar-refractivity contribution is -0.131. The lowest BCUT2D eigenvalue weighted by Gasteiger charge is -2.21. The Hall–Kier alpha value is -3.01. The number of benzene rings is 2. The van der Waals surface area contributed by atoms with E-state index in [0.717, 1.165) is 5.56 Å². The highest BCUT2D eigenvalue weighted by atomic mass is 16.2. The predicted octanol–water partition coefficient (Wildman–Crippen LogP) is 3.12. The molecule has 1 fully saturated rings. The van der Waals surface area contributed by atoms with Crippen molar-refractivity contribution in [3.8, 4) is 0 Å². The van der Waals surface area contributed by atoms with Gasteiger partial charge in [-0.05, 0) is 29.7 Å². The van der Waals surface area contributed by atoms with E-state index < -0.39 is 5.92 Å². The Morgan fingerprint density at radius 1 is 0.923 bits per heavy atom. The van der Waals surface area contributed by atoms with Gasteiger partial charge >= 0.3 is 0 Å². The maximum Gasteiger partial charge on any atom is 0.255 e. The van der Waals surface area contributed by atoms with Gasteiger partial charge in [-0.15, -0.1) is 0 Å². The molecular formula is C22H19NO3. The molecule has 2 bridgehead atoms. The van der Waals surface area contributed by atoms with Crippen LogP contribution in [0.4, 0.5) is 0 Å². The van der Waals surface area contributed by atoms with Crippen molar-refractivity contribution in [3.05, 3.63) is 83.6 Å². The molecule has 2 aromatic rings. The molecule has 1 amide bonds. The van der Waals surface area contributed by atoms with Crippen molar-refractivity contribution in [2.24, 2.45) is 17.8 Å². The van der Waals surface area contributed by atoms with E-state index in [1.165, 1.54) is 0 Å². The topological polar surface area (TPSA) is 63.2 Å². The Kier molecular flexibility index (Phi) is 4.03. The lowest BCUT2D eigenvalue weighted by atomic mass is 9.81. The van der Waals surface area contributed by atoms with Crippen LogP contribution in [0.3, 0.4) is 0 Å². The van der Waals surface area contributed by atoms with Gasteiger partial charge in [0.1, 0.15) is 0 Å². The Morgan fingerprint density at radius 3 is 2.19 bits per heavy atom. The number of Topliss-reactive ketones (excluding diaryl/α,β-unsaturated/α-hetero) is 2. The number of carbonyl (C=O) groups is 3. The standard InChI is InChI=1S/C22H19NO3/c1-13-16-12-17(23-22(26)15-10-6-3-7-11-15)21(25)19(20(16)24)18(13)14-8-4-2-5-9-14/h2-13,16,18-19H,1H3,(H,23,26). The fourth-order valence-electron chi connectivity index (χ4n) is 4.18. The van der Waals surface area contributed by atoms with E-state index in [-0.39, 0.29) is 40.9 Å². The number of rotatable bonds is 3. The maximum atomic E-state index is 13.0. The summed E-state index contributed by atoms with van der Waals surface area (Å²) in [6, 6.07) is 18.4. The van der Waals surface area contributed by atoms with E-state index in [1.54, 1.807) is 30.3 Å². The number of allylic oxidation sites excluding steroid dienone is 2. The largest absolute Gasteiger partial charge is 0.319 e. The number of fused-ring (bicyclic) bond motifs is 2. The second kappa shape index (κ2) is 6.37. The molecule has 4 rings (SSSR count). The van der Waals surface area contributed by atoms with Gasteiger partial charge in [0, 0.05) is 17.4 Å². The molecule has 4 nitrogen and oxygen atoms in total. The van der Waals surface area contributed by atoms with Gasteiger partial charge in [0.2, 0.25) is 0 Å². The normalized spacial score (nSPS) is 27.2. The molecule has 4 atom stereocenters. The minimum Gasteiger partial charge on any atom is -0.319 e. The minimum atomic E-state index is -0.714. The Bertz CT molecular complexity index is 901. The molecule has 0 heterocycles. The predicted molar refractivity (Wildman–Crippen MR) is 97.3 cm³/mol. The summed E-state index contributed by atoms with van der Waals surface area (Å²) < 4.78 is 0. The molecule has 2 aliphatic carbocycles. The number of hydrogen-bond donors (Lipinski definition) is 1. The van der Waals surface area contributed by atoms with Crippen LogP contribution in [0, 0.1) is 17.8 Å². The van der Waals surface area contributed by atoms with Gasteiger partial charge in [0.25, 0.3) is 5.91 Å². The van der Waals surface area contributed by atoms with E-state index in [4.69, 9.17) is 0 Å². The maximum absolute atomic E-state index is 13.0. The number of amides is 1. The van der Waals surface area contributed by atoms with Crippen molar-refractivity contribution in [3.63, 3.8) is 0 Å². The van der Waals surface area contributed by atoms with E-state index >= 15 is 0 Å². The summed E-state index contributed by atoms with van der Waals surface area (Å²) in [5, 5.41) is 2.72. The quantitative estimate of drug-likeness (QED) is 0.870. The summed E-state index contributed by atoms with van der Waals surface area (Å²) in [6.45, 7) is 2.01. The Balaban J connectivity index is 1.64. The van der Waals surface area contributed by atoms with E-state index in [2.05, 4.69) is 5.32 Å². The second-order valence-electron chi connectivity index (χ2n) is 6.97. The van der Waals surface area contributed by atoms with Crippen LogP contribution in [0.15, 0.2) is 72.4 Å². The molecule has 0 aromatic heterocycles. The van der Waals surface area contributed by atoms with Crippen LogP contribution in [0.1, 0.15) is 28.8 Å². The highest BCUT2D eigenvalue weighted by Gasteiger charge is 2.54. The summed E-state index contributed by atoms with van der Waals surface area (Å²) in [5.41, 5.74) is 1.73. The SMILES string of the molecule is CC1C2C=C(NC(=O)c3ccccc3)C(=O)C(C2=O)C1c1ccccc1. The van der Waals surface area contributed by atoms with Crippen molar-refractivity contribution in [1.82, 2.24) is 5.32 Å². The first-order valence-corrected chi connectivity index (χ1v) is 8.79. The van der Waals surface area contributed by atoms with Crippen molar-refractivity contribution in [1.29, 1.82) is 0 Å². The van der Waals surface area contributed by atoms with E-state index in [1.807, 2.05) is 43.3 Å². The number of nitrogens with one attached hydrogen (secondary N) is 1. The molecule has 4 heteroatoms. The van der Waals surface area contributed by atoms with Crippen LogP contribution in [-0.2, 0) is 9.59 Å². The Morgan fingerprint density at radius 2 is 1.54 bits per heavy atom. The van der Waals surface area contributed by atoms with Gasteiger partial charge in [-0.25, -0.2) is 0 Å². The first kappa shape index (κ1) is 16.5. The molecule has 2 aromatic carbocycles. The zero-order chi connectivity index (χ0) is 18.3. The molecule has 1 N–H and O–H groups in total. The molecule has 130 valence electrons. The third-order valence-electron chi connectivity index (χ3n) is 5.49. The average molecular weight is 345 g/mol. The van der Waals surface area contributed by atoms with Crippen molar-refractivity contribution >= 4 is 17.5 Å². The first-order chi connectivity index (χ1) is 12.6. The van der Waals surface area contributed by atoms with Crippen LogP contribution in [0.2, 0.25) is 0 Å². The molecule has 0 saturated heterocycles. The summed E-state index contributed by atoms with van der Waals surface area (Å²) in [6.07, 6.45) is 1.65. The van der Waals surface area contributed by atoms with E-state index in [0.29, 0.717) is 5.56 Å². The highest BCUT2D eigenvalue weighted by Crippen LogP contribution is 2.49. The number of ketones is 2. The zero-order valence-corrected chi connectivity index (χ0v) is 14.4. The summed E-state index contributed by atoms with van der Waals surface area (Å²) in [7, 11) is 0. The third-order valence-corrected chi connectivity index (χ3v) is 5.49. The zero-order valence-electron chi connectivity index (χ0n) is 14.4. The van der Waals surface area contributed by atoms with Gasteiger partial charge in [-0.3, -0.25) is 14.4 Å². The van der Waals surface area contributed by atoms with Gasteiger partial charge in [0.05, 0.1) is 11.6 Å². The molecule has 4 unspecified atom stereocenters. The van der Waals surface area contributed by atoms with Crippen molar-refractivity contribution in [2.75, 3.05) is 0 Å². The average Bonchev–Trinajstić information content (AvgIpc) is 2.85. The first-order valence-electron chi connectivity index (χ1n) is 8.79. The minimum absolute atomic E-state index is 0.0185. The summed E-state index contributed by atoms with van der Waals surface area (Å²) >= 11 is 0. The molecule has 26 heavy (non-hydrogen) atoms. The van der Waals surface area contributed by atoms with Crippen molar-refractivity contribution in [2.45, 2.75) is 12.8 Å². The number of carbonyl (C=O) groups excluding carboxylic acids is 3. The highest BCUT2D eigenvalue weighted by molar-refractivity contribution is 6.18. The molecule has 0 radical (unpaired) electrons. The van der Waals surface area contributed by atoms with Gasteiger partial charge in [0.15, 0.2) is 11.6 Å². The van der Waals surface area contributed by atoms with Crippen molar-refractivity contribution < 1.29 is 14.4 Å². The van der Waals surface area contributed by atoms with Crippen LogP contribution in [0.5, 0.6) is 0 Å². The summed E-state index contributed by atoms with van der Waals surface area (Å²) in [5.74, 6) is -1.83. The molecular weight excluding hydrogens is 326 g/mol. The smallest absolute Gasteiger partial charge is 0.255 e. The lowest BCUT2D eigenvalue weighted by Crippen LogP contribution is -2.37. The van der Waals surface area contributed by atoms with Gasteiger partial charge < -0.3 is 5.32 Å². The monoisotopic (exact) mass is 345 g/mol. The molecule has 0 spiro atoms. The van der Waals surface area contributed by atoms with Crippen LogP contribution in [0.25, 0.3) is 0 Å². The fraction of sp³-hybridized carbons (Fsp3) is 0.227. The van der Waals surface area contributed by atoms with Gasteiger partial charge in [-0.1, -0.05) is 55.5 Å². The Labute approximate surface area is 151 Å². The molecule has 2 aliphatic rings. The van der Waals surface area contributed by atoms with Crippen LogP contribution in [-0.4, -0.2) is 17.5 Å². The summed E-state index contributed by atoms with van der Waals surface area (Å²) in [4.78, 5) is 38.1.